The molecule has 0 unspecified atom stereocenters. The average Bonchev–Trinajstić information content (AvgIpc) is 2.59. The molecule has 0 spiro atoms. The van der Waals surface area contributed by atoms with Gasteiger partial charge in [-0.15, -0.1) is 0 Å². The van der Waals surface area contributed by atoms with Crippen LogP contribution in [0.4, 0.5) is 0 Å². The molecule has 0 aliphatic rings. The molecule has 0 fully saturated rings. The lowest BCUT2D eigenvalue weighted by Crippen LogP contribution is -2.19. The Labute approximate surface area is 145 Å². The molecule has 0 saturated heterocycles. The van der Waals surface area contributed by atoms with E-state index in [0.717, 1.165) is 10.8 Å². The molecule has 0 bridgehead atoms. The first-order valence-corrected chi connectivity index (χ1v) is 8.92. The second-order valence-corrected chi connectivity index (χ2v) is 6.53. The van der Waals surface area contributed by atoms with E-state index >= 15 is 0 Å². The van der Waals surface area contributed by atoms with Crippen LogP contribution < -0.4 is 9.32 Å². The van der Waals surface area contributed by atoms with Crippen molar-refractivity contribution in [2.75, 3.05) is 0 Å². The molecular formula is C19H15NO4S. The number of para-hydroxylation sites is 1. The molecule has 0 amide bonds. The molecule has 3 aromatic rings. The molecule has 0 aliphatic heterocycles. The summed E-state index contributed by atoms with van der Waals surface area (Å²) in [6, 6.07) is 19.6. The zero-order chi connectivity index (χ0) is 17.9. The molecule has 0 heterocycles. The number of hydrogen-bond acceptors (Lipinski definition) is 4. The van der Waals surface area contributed by atoms with Crippen molar-refractivity contribution in [2.24, 2.45) is 5.14 Å². The van der Waals surface area contributed by atoms with Crippen LogP contribution in [0.25, 0.3) is 16.8 Å². The minimum atomic E-state index is -4.13. The lowest BCUT2D eigenvalue weighted by Gasteiger charge is -2.05. The maximum absolute atomic E-state index is 12.4. The molecule has 0 aromatic heterocycles. The van der Waals surface area contributed by atoms with Gasteiger partial charge in [0.1, 0.15) is 0 Å². The fourth-order valence-corrected chi connectivity index (χ4v) is 2.83. The van der Waals surface area contributed by atoms with E-state index in [1.807, 2.05) is 36.4 Å². The van der Waals surface area contributed by atoms with Crippen LogP contribution in [-0.2, 0) is 10.3 Å². The van der Waals surface area contributed by atoms with Gasteiger partial charge in [0.15, 0.2) is 11.5 Å². The Balaban J connectivity index is 1.87. The summed E-state index contributed by atoms with van der Waals surface area (Å²) in [6.45, 7) is 0. The van der Waals surface area contributed by atoms with E-state index in [-0.39, 0.29) is 11.5 Å². The molecule has 25 heavy (non-hydrogen) atoms. The Kier molecular flexibility index (Phi) is 4.65. The summed E-state index contributed by atoms with van der Waals surface area (Å²) in [5, 5.41) is 6.92. The van der Waals surface area contributed by atoms with Gasteiger partial charge in [0.2, 0.25) is 0 Å². The van der Waals surface area contributed by atoms with Gasteiger partial charge in [-0.1, -0.05) is 54.6 Å². The van der Waals surface area contributed by atoms with Crippen LogP contribution in [0.2, 0.25) is 0 Å². The van der Waals surface area contributed by atoms with Gasteiger partial charge in [-0.3, -0.25) is 4.79 Å². The highest BCUT2D eigenvalue weighted by atomic mass is 32.2. The number of allylic oxidation sites excluding steroid dienone is 1. The van der Waals surface area contributed by atoms with Crippen molar-refractivity contribution in [3.63, 3.8) is 0 Å². The number of hydrogen-bond donors (Lipinski definition) is 1. The SMILES string of the molecule is NS(=O)(=O)Oc1ccccc1/C=C/C(=O)c1ccc2ccccc2c1. The molecule has 5 nitrogen and oxygen atoms in total. The van der Waals surface area contributed by atoms with Crippen LogP contribution in [0.1, 0.15) is 15.9 Å². The highest BCUT2D eigenvalue weighted by Crippen LogP contribution is 2.21. The minimum absolute atomic E-state index is 0.0626. The fraction of sp³-hybridized carbons (Fsp3) is 0. The zero-order valence-corrected chi connectivity index (χ0v) is 13.9. The third-order valence-corrected chi connectivity index (χ3v) is 3.99. The monoisotopic (exact) mass is 353 g/mol. The lowest BCUT2D eigenvalue weighted by molar-refractivity contribution is 0.104. The Morgan fingerprint density at radius 2 is 1.60 bits per heavy atom. The van der Waals surface area contributed by atoms with Gasteiger partial charge >= 0.3 is 10.3 Å². The summed E-state index contributed by atoms with van der Waals surface area (Å²) in [6.07, 6.45) is 2.87. The molecule has 0 saturated carbocycles. The Bertz CT molecular complexity index is 1070. The molecular weight excluding hydrogens is 338 g/mol. The number of ketones is 1. The first-order valence-electron chi connectivity index (χ1n) is 7.45. The number of carbonyl (C=O) groups is 1. The summed E-state index contributed by atoms with van der Waals surface area (Å²) in [4.78, 5) is 12.4. The summed E-state index contributed by atoms with van der Waals surface area (Å²) < 4.78 is 26.9. The molecule has 0 aliphatic carbocycles. The van der Waals surface area contributed by atoms with E-state index < -0.39 is 10.3 Å². The van der Waals surface area contributed by atoms with E-state index in [1.165, 1.54) is 18.2 Å². The number of nitrogens with two attached hydrogens (primary N) is 1. The van der Waals surface area contributed by atoms with Gasteiger partial charge in [-0.2, -0.15) is 13.6 Å². The highest BCUT2D eigenvalue weighted by Gasteiger charge is 2.09. The Hall–Kier alpha value is -2.96. The van der Waals surface area contributed by atoms with Crippen LogP contribution in [0.3, 0.4) is 0 Å². The highest BCUT2D eigenvalue weighted by molar-refractivity contribution is 7.84. The van der Waals surface area contributed by atoms with Gasteiger partial charge in [-0.05, 0) is 35.1 Å². The average molecular weight is 353 g/mol. The van der Waals surface area contributed by atoms with Gasteiger partial charge in [0, 0.05) is 11.1 Å². The van der Waals surface area contributed by atoms with Crippen molar-refractivity contribution in [2.45, 2.75) is 0 Å². The Morgan fingerprint density at radius 3 is 2.36 bits per heavy atom. The number of rotatable bonds is 5. The fourth-order valence-electron chi connectivity index (χ4n) is 2.42. The van der Waals surface area contributed by atoms with Crippen LogP contribution in [0.15, 0.2) is 72.8 Å². The maximum atomic E-state index is 12.4. The predicted octanol–water partition coefficient (Wildman–Crippen LogP) is 3.32. The van der Waals surface area contributed by atoms with Crippen molar-refractivity contribution >= 4 is 32.9 Å². The van der Waals surface area contributed by atoms with Gasteiger partial charge in [0.05, 0.1) is 0 Å². The van der Waals surface area contributed by atoms with Crippen LogP contribution in [-0.4, -0.2) is 14.2 Å². The number of carbonyl (C=O) groups excluding carboxylic acids is 1. The van der Waals surface area contributed by atoms with Crippen molar-refractivity contribution in [3.05, 3.63) is 83.9 Å². The normalized spacial score (nSPS) is 11.7. The molecule has 0 atom stereocenters. The first-order chi connectivity index (χ1) is 11.9. The molecule has 3 rings (SSSR count). The predicted molar refractivity (Wildman–Crippen MR) is 97.5 cm³/mol. The lowest BCUT2D eigenvalue weighted by atomic mass is 10.0. The summed E-state index contributed by atoms with van der Waals surface area (Å²) in [5.41, 5.74) is 0.977. The maximum Gasteiger partial charge on any atom is 0.380 e. The molecule has 126 valence electrons. The third-order valence-electron chi connectivity index (χ3n) is 3.57. The van der Waals surface area contributed by atoms with Crippen molar-refractivity contribution in [3.8, 4) is 5.75 Å². The quantitative estimate of drug-likeness (QED) is 0.563. The van der Waals surface area contributed by atoms with Crippen LogP contribution >= 0.6 is 0 Å². The van der Waals surface area contributed by atoms with E-state index in [4.69, 9.17) is 9.32 Å². The molecule has 3 aromatic carbocycles. The molecule has 6 heteroatoms. The zero-order valence-electron chi connectivity index (χ0n) is 13.1. The number of benzene rings is 3. The second-order valence-electron chi connectivity index (χ2n) is 5.37. The Morgan fingerprint density at radius 1 is 0.920 bits per heavy atom. The van der Waals surface area contributed by atoms with Crippen molar-refractivity contribution in [1.82, 2.24) is 0 Å². The van der Waals surface area contributed by atoms with E-state index in [0.29, 0.717) is 11.1 Å². The van der Waals surface area contributed by atoms with E-state index in [1.54, 1.807) is 24.3 Å². The smallest absolute Gasteiger partial charge is 0.370 e. The second kappa shape index (κ2) is 6.88. The van der Waals surface area contributed by atoms with Crippen molar-refractivity contribution in [1.29, 1.82) is 0 Å². The largest absolute Gasteiger partial charge is 0.380 e. The van der Waals surface area contributed by atoms with E-state index in [9.17, 15) is 13.2 Å². The standard InChI is InChI=1S/C19H15NO4S/c20-25(22,23)24-19-8-4-3-6-15(19)11-12-18(21)17-10-9-14-5-1-2-7-16(14)13-17/h1-13H,(H2,20,22,23)/b12-11+. The molecule has 2 N–H and O–H groups in total. The van der Waals surface area contributed by atoms with Gasteiger partial charge < -0.3 is 4.18 Å². The van der Waals surface area contributed by atoms with Crippen molar-refractivity contribution < 1.29 is 17.4 Å². The molecule has 0 radical (unpaired) electrons. The summed E-state index contributed by atoms with van der Waals surface area (Å²) in [7, 11) is -4.13. The summed E-state index contributed by atoms with van der Waals surface area (Å²) in [5.74, 6) is -0.135. The minimum Gasteiger partial charge on any atom is -0.370 e. The third kappa shape index (κ3) is 4.32. The van der Waals surface area contributed by atoms with E-state index in [2.05, 4.69) is 0 Å². The van der Waals surface area contributed by atoms with Crippen LogP contribution in [0, 0.1) is 0 Å². The van der Waals surface area contributed by atoms with Crippen LogP contribution in [0.5, 0.6) is 5.75 Å². The summed E-state index contributed by atoms with van der Waals surface area (Å²) >= 11 is 0. The first kappa shape index (κ1) is 16.9. The topological polar surface area (TPSA) is 86.5 Å². The number of fused-ring (bicyclic) bond motifs is 1. The van der Waals surface area contributed by atoms with Gasteiger partial charge in [-0.25, -0.2) is 0 Å². The van der Waals surface area contributed by atoms with Gasteiger partial charge in [0.25, 0.3) is 0 Å².